The number of likely N-dealkylation sites (tertiary alicyclic amines) is 1. The van der Waals surface area contributed by atoms with Crippen molar-refractivity contribution in [2.75, 3.05) is 32.0 Å². The topological polar surface area (TPSA) is 69.7 Å². The summed E-state index contributed by atoms with van der Waals surface area (Å²) in [5, 5.41) is 3.70. The van der Waals surface area contributed by atoms with Gasteiger partial charge in [-0.3, -0.25) is 9.59 Å². The molecule has 1 atom stereocenters. The summed E-state index contributed by atoms with van der Waals surface area (Å²) in [6.07, 6.45) is 1.51. The van der Waals surface area contributed by atoms with Crippen LogP contribution in [0.3, 0.4) is 0 Å². The molecule has 150 valence electrons. The Morgan fingerprint density at radius 2 is 2.07 bits per heavy atom. The molecule has 0 unspecified atom stereocenters. The first-order chi connectivity index (χ1) is 14.0. The lowest BCUT2D eigenvalue weighted by atomic mass is 9.80. The van der Waals surface area contributed by atoms with Gasteiger partial charge < -0.3 is 19.9 Å². The summed E-state index contributed by atoms with van der Waals surface area (Å²) in [6, 6.07) is 12.8. The molecule has 2 aliphatic rings. The van der Waals surface area contributed by atoms with Crippen LogP contribution in [0.4, 0.5) is 5.69 Å². The third-order valence-electron chi connectivity index (χ3n) is 5.88. The van der Waals surface area contributed by atoms with Gasteiger partial charge in [0.15, 0.2) is 0 Å². The summed E-state index contributed by atoms with van der Waals surface area (Å²) in [5.74, 6) is -0.311. The Kier molecular flexibility index (Phi) is 5.04. The van der Waals surface area contributed by atoms with Crippen LogP contribution >= 0.6 is 11.6 Å². The van der Waals surface area contributed by atoms with E-state index in [0.29, 0.717) is 36.6 Å². The number of carbonyl (C=O) groups is 3. The van der Waals surface area contributed by atoms with Crippen LogP contribution < -0.4 is 5.32 Å². The van der Waals surface area contributed by atoms with E-state index in [0.717, 1.165) is 23.1 Å². The van der Waals surface area contributed by atoms with Crippen LogP contribution in [0.25, 0.3) is 0 Å². The summed E-state index contributed by atoms with van der Waals surface area (Å²) < 4.78 is 0. The number of rotatable bonds is 5. The van der Waals surface area contributed by atoms with Crippen molar-refractivity contribution < 1.29 is 14.4 Å². The van der Waals surface area contributed by atoms with Gasteiger partial charge in [0, 0.05) is 43.0 Å². The first kappa shape index (κ1) is 19.5. The molecule has 2 aromatic carbocycles. The van der Waals surface area contributed by atoms with Crippen molar-refractivity contribution in [2.45, 2.75) is 18.4 Å². The van der Waals surface area contributed by atoms with Crippen LogP contribution in [0.15, 0.2) is 42.5 Å². The molecule has 2 aliphatic heterocycles. The van der Waals surface area contributed by atoms with E-state index in [1.807, 2.05) is 31.3 Å². The fourth-order valence-electron chi connectivity index (χ4n) is 4.30. The molecule has 0 aromatic heterocycles. The highest BCUT2D eigenvalue weighted by Crippen LogP contribution is 2.37. The molecule has 4 rings (SSSR count). The first-order valence-electron chi connectivity index (χ1n) is 9.56. The van der Waals surface area contributed by atoms with Crippen LogP contribution in [-0.2, 0) is 21.5 Å². The number of fused-ring (bicyclic) bond motifs is 1. The van der Waals surface area contributed by atoms with Crippen molar-refractivity contribution in [2.24, 2.45) is 0 Å². The highest BCUT2D eigenvalue weighted by molar-refractivity contribution is 6.30. The molecule has 1 N–H and O–H groups in total. The van der Waals surface area contributed by atoms with E-state index in [4.69, 9.17) is 11.6 Å². The molecule has 0 radical (unpaired) electrons. The maximum atomic E-state index is 12.9. The molecule has 0 bridgehead atoms. The third kappa shape index (κ3) is 3.38. The van der Waals surface area contributed by atoms with Crippen molar-refractivity contribution in [1.29, 1.82) is 0 Å². The second-order valence-corrected chi connectivity index (χ2v) is 8.03. The molecule has 1 saturated heterocycles. The number of amides is 2. The van der Waals surface area contributed by atoms with Crippen molar-refractivity contribution in [1.82, 2.24) is 9.80 Å². The molecule has 6 nitrogen and oxygen atoms in total. The van der Waals surface area contributed by atoms with Crippen LogP contribution in [-0.4, -0.2) is 54.6 Å². The quantitative estimate of drug-likeness (QED) is 0.768. The number of aldehydes is 1. The van der Waals surface area contributed by atoms with E-state index in [1.165, 1.54) is 4.90 Å². The van der Waals surface area contributed by atoms with E-state index in [2.05, 4.69) is 5.32 Å². The van der Waals surface area contributed by atoms with Gasteiger partial charge in [0.2, 0.25) is 5.91 Å². The molecule has 2 amide bonds. The minimum absolute atomic E-state index is 0.00621. The molecule has 0 aliphatic carbocycles. The van der Waals surface area contributed by atoms with Gasteiger partial charge in [-0.25, -0.2) is 0 Å². The molecule has 7 heteroatoms. The number of hydrogen-bond donors (Lipinski definition) is 1. The minimum atomic E-state index is -0.735. The van der Waals surface area contributed by atoms with Crippen LogP contribution in [0.5, 0.6) is 0 Å². The van der Waals surface area contributed by atoms with Crippen LogP contribution in [0.1, 0.15) is 27.9 Å². The Bertz CT molecular complexity index is 993. The van der Waals surface area contributed by atoms with Gasteiger partial charge in [-0.1, -0.05) is 29.8 Å². The fraction of sp³-hybridized carbons (Fsp3) is 0.318. The number of halogens is 1. The number of hydrogen-bond acceptors (Lipinski definition) is 4. The molecular weight excluding hydrogens is 390 g/mol. The zero-order valence-corrected chi connectivity index (χ0v) is 16.9. The Morgan fingerprint density at radius 3 is 2.83 bits per heavy atom. The number of nitrogens with zero attached hydrogens (tertiary/aromatic N) is 2. The highest BCUT2D eigenvalue weighted by atomic mass is 35.5. The van der Waals surface area contributed by atoms with E-state index in [-0.39, 0.29) is 18.4 Å². The monoisotopic (exact) mass is 411 g/mol. The summed E-state index contributed by atoms with van der Waals surface area (Å²) >= 11 is 6.02. The molecule has 29 heavy (non-hydrogen) atoms. The Hall–Kier alpha value is -2.86. The predicted molar refractivity (Wildman–Crippen MR) is 111 cm³/mol. The maximum absolute atomic E-state index is 12.9. The normalized spacial score (nSPS) is 20.7. The number of anilines is 1. The summed E-state index contributed by atoms with van der Waals surface area (Å²) in [6.45, 7) is 1.16. The van der Waals surface area contributed by atoms with Crippen molar-refractivity contribution >= 4 is 35.4 Å². The van der Waals surface area contributed by atoms with E-state index >= 15 is 0 Å². The third-order valence-corrected chi connectivity index (χ3v) is 6.12. The zero-order valence-electron chi connectivity index (χ0n) is 16.2. The highest BCUT2D eigenvalue weighted by Gasteiger charge is 2.43. The molecule has 2 aromatic rings. The lowest BCUT2D eigenvalue weighted by Gasteiger charge is -2.27. The minimum Gasteiger partial charge on any atom is -0.388 e. The summed E-state index contributed by atoms with van der Waals surface area (Å²) in [7, 11) is 1.82. The molecule has 1 fully saturated rings. The molecule has 0 spiro atoms. The number of nitrogens with one attached hydrogen (secondary N) is 1. The Morgan fingerprint density at radius 1 is 1.28 bits per heavy atom. The van der Waals surface area contributed by atoms with Crippen molar-refractivity contribution in [3.63, 3.8) is 0 Å². The standard InChI is InChI=1S/C22H22ClN3O3/c1-24-19-5-3-2-4-18(19)22(14-27)8-9-25(13-22)20(28)12-26-11-15-10-16(23)6-7-17(15)21(26)29/h2-7,10,14,24H,8-9,11-13H2,1H3/t22-/m1/s1. The van der Waals surface area contributed by atoms with Crippen molar-refractivity contribution in [3.05, 3.63) is 64.2 Å². The summed E-state index contributed by atoms with van der Waals surface area (Å²) in [4.78, 5) is 40.8. The van der Waals surface area contributed by atoms with Gasteiger partial charge in [0.1, 0.15) is 12.8 Å². The zero-order chi connectivity index (χ0) is 20.6. The average Bonchev–Trinajstić information content (AvgIpc) is 3.30. The number of para-hydroxylation sites is 1. The molecular formula is C22H22ClN3O3. The van der Waals surface area contributed by atoms with Crippen molar-refractivity contribution in [3.8, 4) is 0 Å². The Labute approximate surface area is 174 Å². The lowest BCUT2D eigenvalue weighted by Crippen LogP contribution is -2.41. The van der Waals surface area contributed by atoms with Crippen LogP contribution in [0, 0.1) is 0 Å². The average molecular weight is 412 g/mol. The largest absolute Gasteiger partial charge is 0.388 e. The van der Waals surface area contributed by atoms with E-state index in [1.54, 1.807) is 23.1 Å². The van der Waals surface area contributed by atoms with Gasteiger partial charge >= 0.3 is 0 Å². The van der Waals surface area contributed by atoms with Crippen LogP contribution in [0.2, 0.25) is 5.02 Å². The SMILES string of the molecule is CNc1ccccc1[C@]1(C=O)CCN(C(=O)CN2Cc3cc(Cl)ccc3C2=O)C1. The maximum Gasteiger partial charge on any atom is 0.254 e. The van der Waals surface area contributed by atoms with E-state index < -0.39 is 5.41 Å². The smallest absolute Gasteiger partial charge is 0.254 e. The molecule has 0 saturated carbocycles. The summed E-state index contributed by atoms with van der Waals surface area (Å²) in [5.41, 5.74) is 2.47. The van der Waals surface area contributed by atoms with Gasteiger partial charge in [-0.15, -0.1) is 0 Å². The lowest BCUT2D eigenvalue weighted by molar-refractivity contribution is -0.131. The van der Waals surface area contributed by atoms with Gasteiger partial charge in [0.05, 0.1) is 5.41 Å². The molecule has 2 heterocycles. The second kappa shape index (κ2) is 7.52. The number of benzene rings is 2. The van der Waals surface area contributed by atoms with Gasteiger partial charge in [0.25, 0.3) is 5.91 Å². The Balaban J connectivity index is 1.49. The number of carbonyl (C=O) groups excluding carboxylic acids is 3. The fourth-order valence-corrected chi connectivity index (χ4v) is 4.50. The van der Waals surface area contributed by atoms with E-state index in [9.17, 15) is 14.4 Å². The van der Waals surface area contributed by atoms with Gasteiger partial charge in [-0.05, 0) is 41.8 Å². The first-order valence-corrected chi connectivity index (χ1v) is 9.94. The second-order valence-electron chi connectivity index (χ2n) is 7.60. The predicted octanol–water partition coefficient (Wildman–Crippen LogP) is 2.71. The van der Waals surface area contributed by atoms with Gasteiger partial charge in [-0.2, -0.15) is 0 Å².